The van der Waals surface area contributed by atoms with Crippen molar-refractivity contribution in [2.24, 2.45) is 0 Å². The molecule has 0 radical (unpaired) electrons. The van der Waals surface area contributed by atoms with Crippen LogP contribution < -0.4 is 4.90 Å². The Bertz CT molecular complexity index is 3380. The zero-order valence-corrected chi connectivity index (χ0v) is 34.3. The number of fused-ring (bicyclic) bond motifs is 11. The molecule has 0 saturated heterocycles. The first-order valence-corrected chi connectivity index (χ1v) is 21.1. The van der Waals surface area contributed by atoms with Crippen LogP contribution in [0.15, 0.2) is 192 Å². The minimum atomic E-state index is -0.132. The largest absolute Gasteiger partial charge is 0.455 e. The van der Waals surface area contributed by atoms with Crippen molar-refractivity contribution >= 4 is 49.8 Å². The second kappa shape index (κ2) is 12.7. The number of benzene rings is 9. The Morgan fingerprint density at radius 3 is 1.82 bits per heavy atom. The summed E-state index contributed by atoms with van der Waals surface area (Å²) in [5.74, 6) is 0. The van der Waals surface area contributed by atoms with Crippen LogP contribution in [0.1, 0.15) is 49.9 Å². The molecule has 10 aromatic rings. The lowest BCUT2D eigenvalue weighted by molar-refractivity contribution is 0.660. The van der Waals surface area contributed by atoms with E-state index in [1.165, 1.54) is 61.0 Å². The van der Waals surface area contributed by atoms with Crippen LogP contribution in [0.25, 0.3) is 77.2 Å². The van der Waals surface area contributed by atoms with Crippen molar-refractivity contribution in [3.05, 3.63) is 210 Å². The molecule has 0 amide bonds. The zero-order chi connectivity index (χ0) is 40.3. The summed E-state index contributed by atoms with van der Waals surface area (Å²) in [5.41, 5.74) is 20.6. The Morgan fingerprint density at radius 1 is 0.383 bits per heavy atom. The zero-order valence-electron chi connectivity index (χ0n) is 34.3. The van der Waals surface area contributed by atoms with Crippen molar-refractivity contribution in [1.29, 1.82) is 0 Å². The molecule has 2 aliphatic rings. The van der Waals surface area contributed by atoms with Gasteiger partial charge in [0.25, 0.3) is 0 Å². The summed E-state index contributed by atoms with van der Waals surface area (Å²) in [6, 6.07) is 69.3. The molecule has 0 spiro atoms. The summed E-state index contributed by atoms with van der Waals surface area (Å²) in [5, 5.41) is 4.58. The van der Waals surface area contributed by atoms with Crippen LogP contribution >= 0.6 is 0 Å². The van der Waals surface area contributed by atoms with Crippen molar-refractivity contribution in [2.75, 3.05) is 4.90 Å². The van der Waals surface area contributed by atoms with Gasteiger partial charge in [-0.1, -0.05) is 167 Å². The average Bonchev–Trinajstić information content (AvgIpc) is 3.86. The molecule has 0 saturated carbocycles. The predicted molar refractivity (Wildman–Crippen MR) is 252 cm³/mol. The van der Waals surface area contributed by atoms with Gasteiger partial charge in [-0.15, -0.1) is 0 Å². The lowest BCUT2D eigenvalue weighted by atomic mass is 9.79. The van der Waals surface area contributed by atoms with Crippen LogP contribution in [0.3, 0.4) is 0 Å². The highest BCUT2D eigenvalue weighted by Gasteiger charge is 2.38. The predicted octanol–water partition coefficient (Wildman–Crippen LogP) is 16.2. The minimum Gasteiger partial charge on any atom is -0.455 e. The number of anilines is 3. The first-order valence-electron chi connectivity index (χ1n) is 21.1. The second-order valence-electron chi connectivity index (χ2n) is 17.7. The van der Waals surface area contributed by atoms with Gasteiger partial charge in [0.15, 0.2) is 0 Å². The summed E-state index contributed by atoms with van der Waals surface area (Å²) in [7, 11) is 0. The van der Waals surface area contributed by atoms with E-state index in [-0.39, 0.29) is 10.8 Å². The van der Waals surface area contributed by atoms with Gasteiger partial charge >= 0.3 is 0 Å². The SMILES string of the molecule is CC1(C)c2ccccc2-c2ccc(N(c3ccc(-c4cccc5c4C(C)(C)c4ccccc4-5)cc3)c3ccccc3-c3ccc4oc5c6ccccc6ccc5c4c3)cc21. The first kappa shape index (κ1) is 34.8. The van der Waals surface area contributed by atoms with Gasteiger partial charge in [-0.05, 0) is 115 Å². The molecule has 0 unspecified atom stereocenters. The van der Waals surface area contributed by atoms with E-state index in [0.717, 1.165) is 55.5 Å². The fourth-order valence-corrected chi connectivity index (χ4v) is 10.7. The highest BCUT2D eigenvalue weighted by Crippen LogP contribution is 2.54. The van der Waals surface area contributed by atoms with Gasteiger partial charge in [-0.3, -0.25) is 0 Å². The Labute approximate surface area is 351 Å². The molecule has 0 atom stereocenters. The molecule has 60 heavy (non-hydrogen) atoms. The molecule has 0 bridgehead atoms. The van der Waals surface area contributed by atoms with Crippen LogP contribution in [-0.2, 0) is 10.8 Å². The second-order valence-corrected chi connectivity index (χ2v) is 17.7. The molecule has 0 fully saturated rings. The van der Waals surface area contributed by atoms with Crippen molar-refractivity contribution in [1.82, 2.24) is 0 Å². The van der Waals surface area contributed by atoms with Gasteiger partial charge in [0, 0.05) is 43.9 Å². The Balaban J connectivity index is 1.03. The van der Waals surface area contributed by atoms with Crippen molar-refractivity contribution in [3.63, 3.8) is 0 Å². The Kier molecular flexibility index (Phi) is 7.36. The molecule has 1 heterocycles. The number of furan rings is 1. The van der Waals surface area contributed by atoms with Crippen LogP contribution in [0.5, 0.6) is 0 Å². The van der Waals surface area contributed by atoms with E-state index < -0.39 is 0 Å². The van der Waals surface area contributed by atoms with Gasteiger partial charge < -0.3 is 9.32 Å². The van der Waals surface area contributed by atoms with Crippen LogP contribution in [0, 0.1) is 0 Å². The standard InChI is InChI=1S/C58H43NO/c1-57(2)50-21-10-7-17-44(50)46-32-30-40(35-52(46)57)59(39-28-24-37(25-29-39)42-19-13-20-47-45-18-8-11-22-51(45)58(3,4)55(42)47)53-23-12-9-15-41(53)38-27-33-54-49(34-38)48-31-26-36-14-5-6-16-43(36)56(48)60-54/h5-35H,1-4H3. The summed E-state index contributed by atoms with van der Waals surface area (Å²) < 4.78 is 6.56. The molecule has 9 aromatic carbocycles. The lowest BCUT2D eigenvalue weighted by Gasteiger charge is -2.30. The van der Waals surface area contributed by atoms with Crippen LogP contribution in [0.4, 0.5) is 17.1 Å². The Morgan fingerprint density at radius 2 is 1.00 bits per heavy atom. The molecule has 2 heteroatoms. The van der Waals surface area contributed by atoms with E-state index in [0.29, 0.717) is 0 Å². The molecule has 2 aliphatic carbocycles. The summed E-state index contributed by atoms with van der Waals surface area (Å²) >= 11 is 0. The van der Waals surface area contributed by atoms with E-state index in [1.807, 2.05) is 0 Å². The quantitative estimate of drug-likeness (QED) is 0.173. The molecule has 0 N–H and O–H groups in total. The van der Waals surface area contributed by atoms with Crippen molar-refractivity contribution < 1.29 is 4.42 Å². The van der Waals surface area contributed by atoms with Gasteiger partial charge in [0.05, 0.1) is 5.69 Å². The third kappa shape index (κ3) is 4.94. The van der Waals surface area contributed by atoms with Crippen molar-refractivity contribution in [2.45, 2.75) is 38.5 Å². The molecular formula is C58H43NO. The average molecular weight is 770 g/mol. The monoisotopic (exact) mass is 769 g/mol. The minimum absolute atomic E-state index is 0.102. The fourth-order valence-electron chi connectivity index (χ4n) is 10.7. The Hall–Kier alpha value is -7.16. The number of hydrogen-bond acceptors (Lipinski definition) is 2. The number of rotatable bonds is 5. The van der Waals surface area contributed by atoms with E-state index in [9.17, 15) is 0 Å². The van der Waals surface area contributed by atoms with Gasteiger partial charge in [0.2, 0.25) is 0 Å². The molecule has 1 aromatic heterocycles. The van der Waals surface area contributed by atoms with E-state index in [4.69, 9.17) is 4.42 Å². The molecule has 0 aliphatic heterocycles. The lowest BCUT2D eigenvalue weighted by Crippen LogP contribution is -2.17. The summed E-state index contributed by atoms with van der Waals surface area (Å²) in [4.78, 5) is 2.46. The third-order valence-electron chi connectivity index (χ3n) is 13.7. The smallest absolute Gasteiger partial charge is 0.143 e. The maximum Gasteiger partial charge on any atom is 0.143 e. The highest BCUT2D eigenvalue weighted by molar-refractivity contribution is 6.15. The molecular weight excluding hydrogens is 727 g/mol. The summed E-state index contributed by atoms with van der Waals surface area (Å²) in [6.07, 6.45) is 0. The number of para-hydroxylation sites is 1. The molecule has 12 rings (SSSR count). The third-order valence-corrected chi connectivity index (χ3v) is 13.7. The van der Waals surface area contributed by atoms with E-state index in [2.05, 4.69) is 221 Å². The van der Waals surface area contributed by atoms with E-state index in [1.54, 1.807) is 0 Å². The van der Waals surface area contributed by atoms with Gasteiger partial charge in [0.1, 0.15) is 11.2 Å². The maximum atomic E-state index is 6.56. The summed E-state index contributed by atoms with van der Waals surface area (Å²) in [6.45, 7) is 9.46. The molecule has 2 nitrogen and oxygen atoms in total. The fraction of sp³-hybridized carbons (Fsp3) is 0.103. The van der Waals surface area contributed by atoms with Gasteiger partial charge in [-0.25, -0.2) is 0 Å². The van der Waals surface area contributed by atoms with E-state index >= 15 is 0 Å². The number of nitrogens with zero attached hydrogens (tertiary/aromatic N) is 1. The van der Waals surface area contributed by atoms with Crippen LogP contribution in [0.2, 0.25) is 0 Å². The molecule has 286 valence electrons. The normalized spacial score (nSPS) is 14.3. The van der Waals surface area contributed by atoms with Gasteiger partial charge in [-0.2, -0.15) is 0 Å². The maximum absolute atomic E-state index is 6.56. The number of hydrogen-bond donors (Lipinski definition) is 0. The topological polar surface area (TPSA) is 16.4 Å². The highest BCUT2D eigenvalue weighted by atomic mass is 16.3. The van der Waals surface area contributed by atoms with Crippen LogP contribution in [-0.4, -0.2) is 0 Å². The first-order chi connectivity index (χ1) is 29.3. The van der Waals surface area contributed by atoms with Crippen molar-refractivity contribution in [3.8, 4) is 44.5 Å².